The molecule has 3 aliphatic rings. The first kappa shape index (κ1) is 14.6. The monoisotopic (exact) mass is 294 g/mol. The Morgan fingerprint density at radius 2 is 2.10 bits per heavy atom. The molecule has 6 nitrogen and oxygen atoms in total. The lowest BCUT2D eigenvalue weighted by atomic mass is 9.61. The van der Waals surface area contributed by atoms with Gasteiger partial charge in [0.05, 0.1) is 0 Å². The summed E-state index contributed by atoms with van der Waals surface area (Å²) in [7, 11) is 0. The standard InChI is InChI=1S/C15H26N4O2/c1-10-8-15(9-10,13(16)18-21)14(20)17-11-5-7-19-6-3-2-4-12(11)19/h10-12,21H,2-9H2,1H3,(H2,16,18)(H,17,20). The second-order valence-electron chi connectivity index (χ2n) is 7.05. The molecule has 118 valence electrons. The van der Waals surface area contributed by atoms with Crippen LogP contribution in [-0.4, -0.2) is 47.0 Å². The first-order valence-corrected chi connectivity index (χ1v) is 8.10. The van der Waals surface area contributed by atoms with Gasteiger partial charge in [-0.1, -0.05) is 18.5 Å². The molecule has 21 heavy (non-hydrogen) atoms. The Morgan fingerprint density at radius 1 is 1.33 bits per heavy atom. The van der Waals surface area contributed by atoms with Gasteiger partial charge in [0.25, 0.3) is 0 Å². The molecule has 0 aromatic heterocycles. The Kier molecular flexibility index (Phi) is 3.82. The van der Waals surface area contributed by atoms with Crippen LogP contribution in [0.15, 0.2) is 5.16 Å². The quantitative estimate of drug-likeness (QED) is 0.312. The Hall–Kier alpha value is -1.30. The van der Waals surface area contributed by atoms with Gasteiger partial charge < -0.3 is 16.3 Å². The van der Waals surface area contributed by atoms with E-state index in [0.29, 0.717) is 24.8 Å². The molecule has 1 saturated carbocycles. The first-order valence-electron chi connectivity index (χ1n) is 8.10. The topological polar surface area (TPSA) is 91.0 Å². The van der Waals surface area contributed by atoms with Crippen LogP contribution >= 0.6 is 0 Å². The fourth-order valence-corrected chi connectivity index (χ4v) is 4.46. The highest BCUT2D eigenvalue weighted by Gasteiger charge is 2.53. The van der Waals surface area contributed by atoms with Gasteiger partial charge in [0.1, 0.15) is 5.41 Å². The smallest absolute Gasteiger partial charge is 0.234 e. The van der Waals surface area contributed by atoms with Crippen LogP contribution in [0.4, 0.5) is 0 Å². The van der Waals surface area contributed by atoms with Gasteiger partial charge in [-0.05, 0) is 44.6 Å². The van der Waals surface area contributed by atoms with E-state index in [2.05, 4.69) is 22.3 Å². The van der Waals surface area contributed by atoms with E-state index in [0.717, 1.165) is 25.9 Å². The van der Waals surface area contributed by atoms with Crippen LogP contribution in [0.1, 0.15) is 45.4 Å². The lowest BCUT2D eigenvalue weighted by molar-refractivity contribution is -0.134. The average Bonchev–Trinajstić information content (AvgIpc) is 2.86. The summed E-state index contributed by atoms with van der Waals surface area (Å²) in [6.45, 7) is 4.32. The molecule has 4 N–H and O–H groups in total. The van der Waals surface area contributed by atoms with Crippen molar-refractivity contribution in [2.45, 2.75) is 57.5 Å². The van der Waals surface area contributed by atoms with Crippen molar-refractivity contribution in [1.82, 2.24) is 10.2 Å². The van der Waals surface area contributed by atoms with Gasteiger partial charge in [0.15, 0.2) is 5.84 Å². The summed E-state index contributed by atoms with van der Waals surface area (Å²) in [6.07, 6.45) is 6.04. The molecule has 2 unspecified atom stereocenters. The molecule has 0 aromatic rings. The third-order valence-corrected chi connectivity index (χ3v) is 5.60. The maximum atomic E-state index is 12.7. The largest absolute Gasteiger partial charge is 0.409 e. The average molecular weight is 294 g/mol. The van der Waals surface area contributed by atoms with Crippen molar-refractivity contribution in [3.63, 3.8) is 0 Å². The number of nitrogens with two attached hydrogens (primary N) is 1. The predicted octanol–water partition coefficient (Wildman–Crippen LogP) is 0.892. The van der Waals surface area contributed by atoms with Crippen LogP contribution in [0.3, 0.4) is 0 Å². The highest BCUT2D eigenvalue weighted by atomic mass is 16.4. The number of hydrogen-bond acceptors (Lipinski definition) is 4. The van der Waals surface area contributed by atoms with Crippen molar-refractivity contribution in [3.05, 3.63) is 0 Å². The molecule has 1 aliphatic carbocycles. The second kappa shape index (κ2) is 5.48. The molecule has 3 rings (SSSR count). The fraction of sp³-hybridized carbons (Fsp3) is 0.867. The summed E-state index contributed by atoms with van der Waals surface area (Å²) in [5.74, 6) is 0.468. The lowest BCUT2D eigenvalue weighted by Gasteiger charge is -2.44. The number of fused-ring (bicyclic) bond motifs is 1. The fourth-order valence-electron chi connectivity index (χ4n) is 4.46. The Bertz CT molecular complexity index is 445. The van der Waals surface area contributed by atoms with E-state index in [1.54, 1.807) is 0 Å². The van der Waals surface area contributed by atoms with Crippen LogP contribution in [-0.2, 0) is 4.79 Å². The number of nitrogens with one attached hydrogen (secondary N) is 1. The zero-order valence-corrected chi connectivity index (χ0v) is 12.7. The summed E-state index contributed by atoms with van der Waals surface area (Å²) >= 11 is 0. The number of oxime groups is 1. The molecule has 3 fully saturated rings. The van der Waals surface area contributed by atoms with Gasteiger partial charge in [0, 0.05) is 18.6 Å². The van der Waals surface area contributed by atoms with Crippen LogP contribution in [0.5, 0.6) is 0 Å². The zero-order chi connectivity index (χ0) is 15.0. The summed E-state index contributed by atoms with van der Waals surface area (Å²) in [6, 6.07) is 0.696. The number of nitrogens with zero attached hydrogens (tertiary/aromatic N) is 2. The van der Waals surface area contributed by atoms with E-state index in [1.165, 1.54) is 12.8 Å². The molecule has 1 amide bonds. The van der Waals surface area contributed by atoms with Crippen molar-refractivity contribution in [3.8, 4) is 0 Å². The first-order chi connectivity index (χ1) is 10.1. The summed E-state index contributed by atoms with van der Waals surface area (Å²) < 4.78 is 0. The number of piperidine rings is 1. The van der Waals surface area contributed by atoms with E-state index >= 15 is 0 Å². The normalized spacial score (nSPS) is 40.4. The number of amides is 1. The zero-order valence-electron chi connectivity index (χ0n) is 12.7. The minimum atomic E-state index is -0.781. The van der Waals surface area contributed by atoms with Crippen molar-refractivity contribution >= 4 is 11.7 Å². The number of carbonyl (C=O) groups is 1. The van der Waals surface area contributed by atoms with Gasteiger partial charge in [-0.15, -0.1) is 0 Å². The number of hydrogen-bond donors (Lipinski definition) is 3. The predicted molar refractivity (Wildman–Crippen MR) is 80.0 cm³/mol. The Morgan fingerprint density at radius 3 is 2.76 bits per heavy atom. The third-order valence-electron chi connectivity index (χ3n) is 5.60. The molecule has 2 heterocycles. The Labute approximate surface area is 125 Å². The van der Waals surface area contributed by atoms with Crippen LogP contribution in [0.25, 0.3) is 0 Å². The minimum Gasteiger partial charge on any atom is -0.409 e. The molecular weight excluding hydrogens is 268 g/mol. The number of carbonyl (C=O) groups excluding carboxylic acids is 1. The molecule has 2 saturated heterocycles. The van der Waals surface area contributed by atoms with Crippen LogP contribution < -0.4 is 11.1 Å². The summed E-state index contributed by atoms with van der Waals surface area (Å²) in [4.78, 5) is 15.2. The highest BCUT2D eigenvalue weighted by Crippen LogP contribution is 2.46. The molecular formula is C15H26N4O2. The molecule has 2 aliphatic heterocycles. The highest BCUT2D eigenvalue weighted by molar-refractivity contribution is 6.07. The van der Waals surface area contributed by atoms with Gasteiger partial charge in [-0.25, -0.2) is 0 Å². The molecule has 0 radical (unpaired) electrons. The van der Waals surface area contributed by atoms with E-state index < -0.39 is 5.41 Å². The minimum absolute atomic E-state index is 0.0478. The number of rotatable bonds is 3. The van der Waals surface area contributed by atoms with Crippen LogP contribution in [0, 0.1) is 11.3 Å². The second-order valence-corrected chi connectivity index (χ2v) is 7.05. The maximum absolute atomic E-state index is 12.7. The van der Waals surface area contributed by atoms with Gasteiger partial charge in [-0.3, -0.25) is 9.69 Å². The summed E-state index contributed by atoms with van der Waals surface area (Å²) in [5, 5.41) is 15.3. The maximum Gasteiger partial charge on any atom is 0.234 e. The Balaban J connectivity index is 1.68. The van der Waals surface area contributed by atoms with Crippen molar-refractivity contribution in [2.75, 3.05) is 13.1 Å². The van der Waals surface area contributed by atoms with Crippen molar-refractivity contribution in [1.29, 1.82) is 0 Å². The molecule has 0 spiro atoms. The number of amidine groups is 1. The van der Waals surface area contributed by atoms with Gasteiger partial charge in [-0.2, -0.15) is 0 Å². The van der Waals surface area contributed by atoms with E-state index in [-0.39, 0.29) is 17.8 Å². The van der Waals surface area contributed by atoms with Gasteiger partial charge >= 0.3 is 0 Å². The molecule has 2 atom stereocenters. The SMILES string of the molecule is CC1CC(C(=O)NC2CCN3CCCCC23)(C(N)=NO)C1. The van der Waals surface area contributed by atoms with Crippen molar-refractivity contribution < 1.29 is 10.0 Å². The van der Waals surface area contributed by atoms with Crippen molar-refractivity contribution in [2.24, 2.45) is 22.2 Å². The lowest BCUT2D eigenvalue weighted by Crippen LogP contribution is -2.59. The molecule has 0 aromatic carbocycles. The molecule has 0 bridgehead atoms. The van der Waals surface area contributed by atoms with E-state index in [1.807, 2.05) is 0 Å². The van der Waals surface area contributed by atoms with Gasteiger partial charge in [0.2, 0.25) is 5.91 Å². The van der Waals surface area contributed by atoms with Crippen LogP contribution in [0.2, 0.25) is 0 Å². The van der Waals surface area contributed by atoms with E-state index in [9.17, 15) is 4.79 Å². The summed E-state index contributed by atoms with van der Waals surface area (Å²) in [5.41, 5.74) is 5.03. The molecule has 6 heteroatoms. The third kappa shape index (κ3) is 2.39. The van der Waals surface area contributed by atoms with E-state index in [4.69, 9.17) is 10.9 Å².